The minimum atomic E-state index is -4.94. The summed E-state index contributed by atoms with van der Waals surface area (Å²) in [6.45, 7) is 0. The van der Waals surface area contributed by atoms with Crippen LogP contribution in [0.25, 0.3) is 0 Å². The van der Waals surface area contributed by atoms with E-state index in [2.05, 4.69) is 5.32 Å². The van der Waals surface area contributed by atoms with Crippen molar-refractivity contribution in [3.05, 3.63) is 53.6 Å². The lowest BCUT2D eigenvalue weighted by Crippen LogP contribution is -2.30. The van der Waals surface area contributed by atoms with Crippen LogP contribution in [0.15, 0.2) is 48.5 Å². The van der Waals surface area contributed by atoms with Crippen molar-refractivity contribution in [1.82, 2.24) is 0 Å². The predicted molar refractivity (Wildman–Crippen MR) is 75.9 cm³/mol. The maximum atomic E-state index is 12.3. The van der Waals surface area contributed by atoms with Gasteiger partial charge in [0, 0.05) is 10.7 Å². The van der Waals surface area contributed by atoms with Crippen molar-refractivity contribution in [2.45, 2.75) is 6.18 Å². The van der Waals surface area contributed by atoms with E-state index in [1.165, 1.54) is 12.1 Å². The first-order valence-electron chi connectivity index (χ1n) is 5.86. The van der Waals surface area contributed by atoms with E-state index in [9.17, 15) is 18.0 Å². The molecule has 2 rings (SSSR count). The molecule has 0 aromatic heterocycles. The summed E-state index contributed by atoms with van der Waals surface area (Å²) < 4.78 is 36.9. The molecule has 0 aliphatic rings. The molecule has 0 aliphatic carbocycles. The summed E-state index contributed by atoms with van der Waals surface area (Å²) in [6, 6.07) is 12.7. The Morgan fingerprint density at radius 3 is 2.10 bits per heavy atom. The molecule has 0 fully saturated rings. The van der Waals surface area contributed by atoms with Crippen LogP contribution in [0.2, 0.25) is 5.02 Å². The number of carbonyl (C=O) groups excluding carboxylic acids is 1. The zero-order valence-corrected chi connectivity index (χ0v) is 11.3. The average Bonchev–Trinajstić information content (AvgIpc) is 2.42. The highest BCUT2D eigenvalue weighted by Crippen LogP contribution is 2.27. The standard InChI is InChI=1S/C14H10ClF3N2O/c15-9-5-7-10(8-6-9)19-11-3-1-2-4-12(11)20-13(21)14(16,17)18/h1-8,19H,(H,20,21). The Bertz CT molecular complexity index is 641. The number of carbonyl (C=O) groups is 1. The molecule has 0 saturated heterocycles. The van der Waals surface area contributed by atoms with Gasteiger partial charge in [0.05, 0.1) is 11.4 Å². The summed E-state index contributed by atoms with van der Waals surface area (Å²) in [5.74, 6) is -2.02. The van der Waals surface area contributed by atoms with Crippen LogP contribution in [0.1, 0.15) is 0 Å². The molecular weight excluding hydrogens is 305 g/mol. The topological polar surface area (TPSA) is 41.1 Å². The van der Waals surface area contributed by atoms with E-state index < -0.39 is 12.1 Å². The first-order valence-corrected chi connectivity index (χ1v) is 6.24. The van der Waals surface area contributed by atoms with Crippen molar-refractivity contribution in [3.8, 4) is 0 Å². The molecule has 0 unspecified atom stereocenters. The second kappa shape index (κ2) is 6.05. The molecule has 0 aliphatic heterocycles. The monoisotopic (exact) mass is 314 g/mol. The molecule has 2 aromatic rings. The fourth-order valence-corrected chi connectivity index (χ4v) is 1.71. The highest BCUT2D eigenvalue weighted by atomic mass is 35.5. The fraction of sp³-hybridized carbons (Fsp3) is 0.0714. The number of anilines is 3. The Labute approximate surface area is 123 Å². The molecule has 0 radical (unpaired) electrons. The summed E-state index contributed by atoms with van der Waals surface area (Å²) in [6.07, 6.45) is -4.94. The summed E-state index contributed by atoms with van der Waals surface area (Å²) in [5, 5.41) is 5.29. The molecule has 2 aromatic carbocycles. The van der Waals surface area contributed by atoms with Gasteiger partial charge in [-0.05, 0) is 36.4 Å². The molecule has 21 heavy (non-hydrogen) atoms. The minimum absolute atomic E-state index is 0.0368. The predicted octanol–water partition coefficient (Wildman–Crippen LogP) is 4.58. The number of alkyl halides is 3. The molecule has 0 spiro atoms. The third-order valence-electron chi connectivity index (χ3n) is 2.56. The lowest BCUT2D eigenvalue weighted by molar-refractivity contribution is -0.167. The van der Waals surface area contributed by atoms with Gasteiger partial charge in [-0.2, -0.15) is 13.2 Å². The SMILES string of the molecule is O=C(Nc1ccccc1Nc1ccc(Cl)cc1)C(F)(F)F. The highest BCUT2D eigenvalue weighted by molar-refractivity contribution is 6.30. The van der Waals surface area contributed by atoms with E-state index >= 15 is 0 Å². The van der Waals surface area contributed by atoms with Crippen molar-refractivity contribution in [2.75, 3.05) is 10.6 Å². The van der Waals surface area contributed by atoms with Crippen molar-refractivity contribution in [2.24, 2.45) is 0 Å². The maximum Gasteiger partial charge on any atom is 0.471 e. The van der Waals surface area contributed by atoms with Crippen molar-refractivity contribution < 1.29 is 18.0 Å². The molecule has 0 bridgehead atoms. The first kappa shape index (κ1) is 15.2. The average molecular weight is 315 g/mol. The number of hydrogen-bond donors (Lipinski definition) is 2. The number of benzene rings is 2. The van der Waals surface area contributed by atoms with Crippen LogP contribution < -0.4 is 10.6 Å². The van der Waals surface area contributed by atoms with Gasteiger partial charge in [0.1, 0.15) is 0 Å². The van der Waals surface area contributed by atoms with Gasteiger partial charge in [-0.3, -0.25) is 4.79 Å². The third kappa shape index (κ3) is 4.13. The second-order valence-electron chi connectivity index (χ2n) is 4.13. The van der Waals surface area contributed by atoms with Gasteiger partial charge in [0.2, 0.25) is 0 Å². The van der Waals surface area contributed by atoms with Gasteiger partial charge in [0.15, 0.2) is 0 Å². The van der Waals surface area contributed by atoms with Gasteiger partial charge >= 0.3 is 12.1 Å². The maximum absolute atomic E-state index is 12.3. The van der Waals surface area contributed by atoms with E-state index in [0.29, 0.717) is 16.4 Å². The van der Waals surface area contributed by atoms with Gasteiger partial charge in [-0.15, -0.1) is 0 Å². The zero-order valence-electron chi connectivity index (χ0n) is 10.5. The molecule has 1 amide bonds. The van der Waals surface area contributed by atoms with Crippen LogP contribution in [0.4, 0.5) is 30.2 Å². The zero-order chi connectivity index (χ0) is 15.5. The Morgan fingerprint density at radius 2 is 1.52 bits per heavy atom. The smallest absolute Gasteiger partial charge is 0.354 e. The largest absolute Gasteiger partial charge is 0.471 e. The quantitative estimate of drug-likeness (QED) is 0.870. The number of nitrogens with one attached hydrogen (secondary N) is 2. The molecule has 0 atom stereocenters. The van der Waals surface area contributed by atoms with E-state index in [-0.39, 0.29) is 5.69 Å². The Kier molecular flexibility index (Phi) is 4.37. The van der Waals surface area contributed by atoms with E-state index in [1.807, 2.05) is 5.32 Å². The fourth-order valence-electron chi connectivity index (χ4n) is 1.58. The Hall–Kier alpha value is -2.21. The molecule has 110 valence electrons. The minimum Gasteiger partial charge on any atom is -0.354 e. The summed E-state index contributed by atoms with van der Waals surface area (Å²) in [4.78, 5) is 11.0. The number of rotatable bonds is 3. The lowest BCUT2D eigenvalue weighted by atomic mass is 10.2. The van der Waals surface area contributed by atoms with Crippen LogP contribution in [0, 0.1) is 0 Å². The normalized spacial score (nSPS) is 11.0. The van der Waals surface area contributed by atoms with Gasteiger partial charge in [-0.25, -0.2) is 0 Å². The summed E-state index contributed by atoms with van der Waals surface area (Å²) in [5.41, 5.74) is 1.01. The second-order valence-corrected chi connectivity index (χ2v) is 4.57. The molecule has 0 saturated carbocycles. The molecular formula is C14H10ClF3N2O. The summed E-state index contributed by atoms with van der Waals surface area (Å²) in [7, 11) is 0. The van der Waals surface area contributed by atoms with Crippen LogP contribution in [0.5, 0.6) is 0 Å². The van der Waals surface area contributed by atoms with E-state index in [1.54, 1.807) is 36.4 Å². The number of hydrogen-bond acceptors (Lipinski definition) is 2. The van der Waals surface area contributed by atoms with E-state index in [0.717, 1.165) is 0 Å². The third-order valence-corrected chi connectivity index (χ3v) is 2.81. The first-order chi connectivity index (χ1) is 9.86. The van der Waals surface area contributed by atoms with Gasteiger partial charge in [-0.1, -0.05) is 23.7 Å². The van der Waals surface area contributed by atoms with Crippen molar-refractivity contribution in [3.63, 3.8) is 0 Å². The summed E-state index contributed by atoms with van der Waals surface area (Å²) >= 11 is 5.76. The number of para-hydroxylation sites is 2. The molecule has 2 N–H and O–H groups in total. The van der Waals surface area contributed by atoms with Crippen LogP contribution in [0.3, 0.4) is 0 Å². The lowest BCUT2D eigenvalue weighted by Gasteiger charge is -2.14. The van der Waals surface area contributed by atoms with Crippen molar-refractivity contribution in [1.29, 1.82) is 0 Å². The van der Waals surface area contributed by atoms with Crippen molar-refractivity contribution >= 4 is 34.6 Å². The van der Waals surface area contributed by atoms with Gasteiger partial charge < -0.3 is 10.6 Å². The van der Waals surface area contributed by atoms with E-state index in [4.69, 9.17) is 11.6 Å². The van der Waals surface area contributed by atoms with Crippen LogP contribution >= 0.6 is 11.6 Å². The van der Waals surface area contributed by atoms with Crippen LogP contribution in [-0.2, 0) is 4.79 Å². The van der Waals surface area contributed by atoms with Crippen LogP contribution in [-0.4, -0.2) is 12.1 Å². The molecule has 3 nitrogen and oxygen atoms in total. The Balaban J connectivity index is 2.21. The molecule has 7 heteroatoms. The Morgan fingerprint density at radius 1 is 0.952 bits per heavy atom. The van der Waals surface area contributed by atoms with Gasteiger partial charge in [0.25, 0.3) is 0 Å². The highest BCUT2D eigenvalue weighted by Gasteiger charge is 2.38. The molecule has 0 heterocycles. The number of halogens is 4. The number of amides is 1.